The molecule has 8 N–H and O–H groups in total. The number of nitrogens with one attached hydrogen (secondary N) is 1. The number of H-pyrrole nitrogens is 1. The van der Waals surface area contributed by atoms with Crippen LogP contribution >= 0.6 is 15.2 Å². The van der Waals surface area contributed by atoms with Gasteiger partial charge in [0.2, 0.25) is 0 Å². The van der Waals surface area contributed by atoms with Crippen molar-refractivity contribution < 1.29 is 48.8 Å². The van der Waals surface area contributed by atoms with Crippen molar-refractivity contribution in [3.05, 3.63) is 33.1 Å². The quantitative estimate of drug-likeness (QED) is 0.224. The van der Waals surface area contributed by atoms with Gasteiger partial charge in [0.15, 0.2) is 0 Å². The van der Waals surface area contributed by atoms with Crippen LogP contribution in [0.4, 0.5) is 0 Å². The van der Waals surface area contributed by atoms with E-state index >= 15 is 0 Å². The largest absolute Gasteiger partial charge is 0.394 e. The highest BCUT2D eigenvalue weighted by atomic mass is 31.2. The van der Waals surface area contributed by atoms with Gasteiger partial charge in [0, 0.05) is 12.3 Å². The van der Waals surface area contributed by atoms with E-state index in [4.69, 9.17) is 9.84 Å². The minimum absolute atomic E-state index is 0.146. The van der Waals surface area contributed by atoms with Crippen LogP contribution in [0.3, 0.4) is 0 Å². The summed E-state index contributed by atoms with van der Waals surface area (Å²) in [4.78, 5) is 63.0. The molecule has 142 valence electrons. The fourth-order valence-corrected chi connectivity index (χ4v) is 5.73. The first-order valence-electron chi connectivity index (χ1n) is 6.37. The maximum Gasteiger partial charge on any atom is 0.382 e. The second kappa shape index (κ2) is 5.93. The third-order valence-corrected chi connectivity index (χ3v) is 6.81. The van der Waals surface area contributed by atoms with Gasteiger partial charge in [-0.3, -0.25) is 23.5 Å². The first kappa shape index (κ1) is 20.1. The Balaban J connectivity index is 3.02. The van der Waals surface area contributed by atoms with Crippen LogP contribution in [0.5, 0.6) is 0 Å². The van der Waals surface area contributed by atoms with E-state index in [-0.39, 0.29) is 4.57 Å². The van der Waals surface area contributed by atoms with Crippen LogP contribution in [0.1, 0.15) is 0 Å². The lowest BCUT2D eigenvalue weighted by atomic mass is 10.1. The fourth-order valence-electron chi connectivity index (χ4n) is 2.63. The lowest BCUT2D eigenvalue weighted by Crippen LogP contribution is -2.60. The molecule has 0 bridgehead atoms. The number of nitrogens with zero attached hydrogens (tertiary/aromatic N) is 1. The normalized spacial score (nSPS) is 33.6. The molecule has 0 unspecified atom stereocenters. The SMILES string of the molecule is O=c1ccn([C@]2(P(=O)(O)O)O[C@H](CO)[C@@H](O)[C@]2(O)P(=O)(O)O)c(=O)[nH]1. The zero-order chi connectivity index (χ0) is 19.4. The Labute approximate surface area is 137 Å². The van der Waals surface area contributed by atoms with Gasteiger partial charge in [-0.25, -0.2) is 4.79 Å². The van der Waals surface area contributed by atoms with Gasteiger partial charge in [-0.15, -0.1) is 0 Å². The predicted molar refractivity (Wildman–Crippen MR) is 76.3 cm³/mol. The molecule has 2 heterocycles. The summed E-state index contributed by atoms with van der Waals surface area (Å²) in [7, 11) is -12.0. The summed E-state index contributed by atoms with van der Waals surface area (Å²) in [6.07, 6.45) is -4.37. The highest BCUT2D eigenvalue weighted by Crippen LogP contribution is 2.73. The average Bonchev–Trinajstić information content (AvgIpc) is 2.69. The fraction of sp³-hybridized carbons (Fsp3) is 0.556. The maximum atomic E-state index is 12.1. The number of aromatic amines is 1. The van der Waals surface area contributed by atoms with Crippen molar-refractivity contribution in [2.24, 2.45) is 0 Å². The monoisotopic (exact) mass is 404 g/mol. The third-order valence-electron chi connectivity index (χ3n) is 3.73. The number of hydrogen-bond donors (Lipinski definition) is 8. The molecular formula is C9H14N2O12P2. The minimum Gasteiger partial charge on any atom is -0.394 e. The van der Waals surface area contributed by atoms with Crippen LogP contribution in [0.25, 0.3) is 0 Å². The van der Waals surface area contributed by atoms with Gasteiger partial charge in [0.25, 0.3) is 16.4 Å². The van der Waals surface area contributed by atoms with Gasteiger partial charge < -0.3 is 39.6 Å². The third kappa shape index (κ3) is 2.59. The van der Waals surface area contributed by atoms with Gasteiger partial charge in [-0.2, -0.15) is 0 Å². The van der Waals surface area contributed by atoms with Crippen molar-refractivity contribution in [2.45, 2.75) is 23.0 Å². The molecule has 16 heteroatoms. The summed E-state index contributed by atoms with van der Waals surface area (Å²) in [6, 6.07) is 0.556. The first-order valence-corrected chi connectivity index (χ1v) is 9.59. The van der Waals surface area contributed by atoms with E-state index in [9.17, 15) is 48.5 Å². The minimum atomic E-state index is -6.02. The molecule has 0 saturated carbocycles. The highest BCUT2D eigenvalue weighted by molar-refractivity contribution is 7.57. The molecule has 1 aliphatic heterocycles. The van der Waals surface area contributed by atoms with Crippen molar-refractivity contribution in [2.75, 3.05) is 6.61 Å². The molecule has 1 aromatic rings. The molecule has 0 radical (unpaired) electrons. The van der Waals surface area contributed by atoms with Crippen molar-refractivity contribution in [1.82, 2.24) is 9.55 Å². The van der Waals surface area contributed by atoms with Crippen molar-refractivity contribution >= 4 is 15.2 Å². The topological polar surface area (TPSA) is 240 Å². The molecule has 1 aliphatic rings. The van der Waals surface area contributed by atoms with Gasteiger partial charge in [0.05, 0.1) is 6.61 Å². The van der Waals surface area contributed by atoms with E-state index in [2.05, 4.69) is 0 Å². The summed E-state index contributed by atoms with van der Waals surface area (Å²) in [5.41, 5.74) is -6.46. The Bertz CT molecular complexity index is 883. The lowest BCUT2D eigenvalue weighted by Gasteiger charge is -2.41. The molecule has 4 atom stereocenters. The van der Waals surface area contributed by atoms with E-state index < -0.39 is 56.1 Å². The van der Waals surface area contributed by atoms with Crippen LogP contribution in [-0.2, 0) is 19.3 Å². The predicted octanol–water partition coefficient (Wildman–Crippen LogP) is -4.06. The Morgan fingerprint density at radius 2 is 1.76 bits per heavy atom. The van der Waals surface area contributed by atoms with Crippen LogP contribution in [0.15, 0.2) is 21.9 Å². The molecule has 0 aliphatic carbocycles. The zero-order valence-electron chi connectivity index (χ0n) is 12.0. The second-order valence-corrected chi connectivity index (χ2v) is 8.65. The van der Waals surface area contributed by atoms with Crippen LogP contribution in [0, 0.1) is 0 Å². The van der Waals surface area contributed by atoms with Crippen LogP contribution in [-0.4, -0.2) is 68.6 Å². The van der Waals surface area contributed by atoms with E-state index in [0.717, 1.165) is 0 Å². The Hall–Kier alpha value is -1.18. The highest BCUT2D eigenvalue weighted by Gasteiger charge is 2.81. The molecule has 0 aromatic carbocycles. The molecule has 0 spiro atoms. The molecule has 1 fully saturated rings. The summed E-state index contributed by atoms with van der Waals surface area (Å²) in [6.45, 7) is -1.22. The maximum absolute atomic E-state index is 12.1. The van der Waals surface area contributed by atoms with Gasteiger partial charge in [-0.1, -0.05) is 0 Å². The van der Waals surface area contributed by atoms with Crippen LogP contribution < -0.4 is 11.2 Å². The van der Waals surface area contributed by atoms with E-state index in [0.29, 0.717) is 12.3 Å². The first-order chi connectivity index (χ1) is 11.2. The molecule has 1 aromatic heterocycles. The summed E-state index contributed by atoms with van der Waals surface area (Å²) < 4.78 is 28.5. The summed E-state index contributed by atoms with van der Waals surface area (Å²) >= 11 is 0. The molecular weight excluding hydrogens is 390 g/mol. The van der Waals surface area contributed by atoms with Crippen molar-refractivity contribution in [3.63, 3.8) is 0 Å². The van der Waals surface area contributed by atoms with E-state index in [1.807, 2.05) is 0 Å². The molecule has 14 nitrogen and oxygen atoms in total. The Morgan fingerprint density at radius 1 is 1.20 bits per heavy atom. The number of rotatable bonds is 4. The molecule has 1 saturated heterocycles. The average molecular weight is 404 g/mol. The number of hydrogen-bond acceptors (Lipinski definition) is 8. The van der Waals surface area contributed by atoms with E-state index in [1.165, 1.54) is 0 Å². The number of aliphatic hydroxyl groups excluding tert-OH is 2. The van der Waals surface area contributed by atoms with Gasteiger partial charge in [-0.05, 0) is 0 Å². The van der Waals surface area contributed by atoms with E-state index in [1.54, 1.807) is 4.98 Å². The summed E-state index contributed by atoms with van der Waals surface area (Å²) in [5.74, 6) is 0. The Morgan fingerprint density at radius 3 is 2.16 bits per heavy atom. The van der Waals surface area contributed by atoms with Gasteiger partial charge >= 0.3 is 20.9 Å². The smallest absolute Gasteiger partial charge is 0.382 e. The molecule has 0 amide bonds. The number of ether oxygens (including phenoxy) is 1. The Kier molecular flexibility index (Phi) is 4.77. The van der Waals surface area contributed by atoms with Crippen molar-refractivity contribution in [3.8, 4) is 0 Å². The standard InChI is InChI=1S/C9H14N2O12P2/c12-3-4-6(14)8(16,24(17,18)19)9(23-4,25(20,21)22)11-2-1-5(13)10-7(11)15/h1-2,4,6,12,14,16H,3H2,(H,10,13,15)(H2,17,18,19)(H2,20,21,22)/t4-,6-,8+,9+/m1/s1. The van der Waals surface area contributed by atoms with Crippen molar-refractivity contribution in [1.29, 1.82) is 0 Å². The lowest BCUT2D eigenvalue weighted by molar-refractivity contribution is -0.124. The zero-order valence-corrected chi connectivity index (χ0v) is 13.8. The van der Waals surface area contributed by atoms with Gasteiger partial charge in [0.1, 0.15) is 12.2 Å². The molecule has 2 rings (SSSR count). The number of aliphatic hydroxyl groups is 3. The number of aromatic nitrogens is 2. The second-order valence-electron chi connectivity index (χ2n) is 5.19. The summed E-state index contributed by atoms with van der Waals surface area (Å²) in [5, 5.41) is 25.6. The van der Waals surface area contributed by atoms with Crippen LogP contribution in [0.2, 0.25) is 0 Å². The molecule has 25 heavy (non-hydrogen) atoms.